The second-order valence-corrected chi connectivity index (χ2v) is 5.37. The van der Waals surface area contributed by atoms with E-state index in [1.807, 2.05) is 10.4 Å². The Bertz CT molecular complexity index is 447. The SMILES string of the molecule is COc1ccc(N2CCCCS2=O)cc1C=O. The van der Waals surface area contributed by atoms with Gasteiger partial charge in [0.15, 0.2) is 6.29 Å². The van der Waals surface area contributed by atoms with Crippen LogP contribution in [0.4, 0.5) is 5.69 Å². The topological polar surface area (TPSA) is 46.6 Å². The molecule has 0 amide bonds. The first-order valence-electron chi connectivity index (χ1n) is 5.55. The van der Waals surface area contributed by atoms with Gasteiger partial charge in [-0.2, -0.15) is 0 Å². The van der Waals surface area contributed by atoms with Crippen LogP contribution in [0.25, 0.3) is 0 Å². The van der Waals surface area contributed by atoms with Crippen molar-refractivity contribution < 1.29 is 13.7 Å². The molecule has 4 nitrogen and oxygen atoms in total. The van der Waals surface area contributed by atoms with E-state index in [4.69, 9.17) is 4.74 Å². The Kier molecular flexibility index (Phi) is 3.78. The zero-order valence-corrected chi connectivity index (χ0v) is 10.5. The van der Waals surface area contributed by atoms with Crippen LogP contribution >= 0.6 is 0 Å². The van der Waals surface area contributed by atoms with E-state index in [9.17, 15) is 9.00 Å². The van der Waals surface area contributed by atoms with E-state index in [0.717, 1.165) is 31.4 Å². The van der Waals surface area contributed by atoms with Gasteiger partial charge in [0.05, 0.1) is 18.4 Å². The average molecular weight is 253 g/mol. The Morgan fingerprint density at radius 2 is 2.24 bits per heavy atom. The van der Waals surface area contributed by atoms with E-state index in [1.165, 1.54) is 7.11 Å². The number of nitrogens with zero attached hydrogens (tertiary/aromatic N) is 1. The molecule has 1 heterocycles. The van der Waals surface area contributed by atoms with Crippen LogP contribution in [0.5, 0.6) is 5.75 Å². The molecule has 1 fully saturated rings. The standard InChI is InChI=1S/C12H15NO3S/c1-16-12-5-4-11(8-10(12)9-14)13-6-2-3-7-17(13)15/h4-5,8-9H,2-3,6-7H2,1H3. The average Bonchev–Trinajstić information content (AvgIpc) is 2.38. The van der Waals surface area contributed by atoms with Crippen molar-refractivity contribution in [3.8, 4) is 5.75 Å². The molecule has 1 unspecified atom stereocenters. The van der Waals surface area contributed by atoms with Gasteiger partial charge in [-0.05, 0) is 31.0 Å². The summed E-state index contributed by atoms with van der Waals surface area (Å²) in [7, 11) is 0.558. The number of hydrogen-bond donors (Lipinski definition) is 0. The highest BCUT2D eigenvalue weighted by Gasteiger charge is 2.19. The van der Waals surface area contributed by atoms with Gasteiger partial charge in [-0.25, -0.2) is 4.21 Å². The van der Waals surface area contributed by atoms with Crippen molar-refractivity contribution in [2.24, 2.45) is 0 Å². The van der Waals surface area contributed by atoms with Gasteiger partial charge in [-0.15, -0.1) is 0 Å². The lowest BCUT2D eigenvalue weighted by molar-refractivity contribution is 0.112. The van der Waals surface area contributed by atoms with Crippen molar-refractivity contribution in [3.05, 3.63) is 23.8 Å². The molecule has 1 aromatic rings. The van der Waals surface area contributed by atoms with Crippen LogP contribution in [0.15, 0.2) is 18.2 Å². The van der Waals surface area contributed by atoms with Crippen LogP contribution in [0, 0.1) is 0 Å². The highest BCUT2D eigenvalue weighted by atomic mass is 32.2. The molecule has 0 saturated carbocycles. The number of carbonyl (C=O) groups is 1. The zero-order chi connectivity index (χ0) is 12.3. The van der Waals surface area contributed by atoms with Gasteiger partial charge >= 0.3 is 0 Å². The minimum Gasteiger partial charge on any atom is -0.496 e. The van der Waals surface area contributed by atoms with Gasteiger partial charge in [-0.1, -0.05) is 0 Å². The van der Waals surface area contributed by atoms with Gasteiger partial charge in [0.2, 0.25) is 0 Å². The molecule has 5 heteroatoms. The Balaban J connectivity index is 2.32. The lowest BCUT2D eigenvalue weighted by Crippen LogP contribution is -2.32. The molecule has 1 aliphatic rings. The van der Waals surface area contributed by atoms with Crippen LogP contribution in [-0.2, 0) is 11.0 Å². The lowest BCUT2D eigenvalue weighted by atomic mass is 10.2. The maximum absolute atomic E-state index is 11.9. The summed E-state index contributed by atoms with van der Waals surface area (Å²) in [5, 5.41) is 0. The molecule has 0 aromatic heterocycles. The summed E-state index contributed by atoms with van der Waals surface area (Å²) in [6, 6.07) is 5.31. The molecule has 17 heavy (non-hydrogen) atoms. The van der Waals surface area contributed by atoms with Gasteiger partial charge < -0.3 is 4.74 Å². The molecule has 2 rings (SSSR count). The highest BCUT2D eigenvalue weighted by Crippen LogP contribution is 2.26. The number of hydrogen-bond acceptors (Lipinski definition) is 3. The highest BCUT2D eigenvalue weighted by molar-refractivity contribution is 7.86. The number of ether oxygens (including phenoxy) is 1. The number of rotatable bonds is 3. The van der Waals surface area contributed by atoms with E-state index < -0.39 is 11.0 Å². The van der Waals surface area contributed by atoms with Crippen LogP contribution in [-0.4, -0.2) is 29.9 Å². The normalized spacial score (nSPS) is 20.1. The van der Waals surface area contributed by atoms with Crippen molar-refractivity contribution in [3.63, 3.8) is 0 Å². The van der Waals surface area contributed by atoms with Gasteiger partial charge in [-0.3, -0.25) is 9.10 Å². The molecule has 0 N–H and O–H groups in total. The molecular weight excluding hydrogens is 238 g/mol. The second-order valence-electron chi connectivity index (χ2n) is 3.88. The monoisotopic (exact) mass is 253 g/mol. The fourth-order valence-electron chi connectivity index (χ4n) is 1.91. The largest absolute Gasteiger partial charge is 0.496 e. The maximum atomic E-state index is 11.9. The number of methoxy groups -OCH3 is 1. The Hall–Kier alpha value is -1.36. The first-order valence-corrected chi connectivity index (χ1v) is 6.83. The van der Waals surface area contributed by atoms with Gasteiger partial charge in [0.25, 0.3) is 0 Å². The van der Waals surface area contributed by atoms with Crippen molar-refractivity contribution >= 4 is 23.0 Å². The van der Waals surface area contributed by atoms with Crippen molar-refractivity contribution in [2.75, 3.05) is 23.7 Å². The van der Waals surface area contributed by atoms with Crippen molar-refractivity contribution in [1.29, 1.82) is 0 Å². The molecule has 0 aliphatic carbocycles. The molecule has 92 valence electrons. The molecule has 0 bridgehead atoms. The molecule has 1 atom stereocenters. The fraction of sp³-hybridized carbons (Fsp3) is 0.417. The van der Waals surface area contributed by atoms with Crippen molar-refractivity contribution in [1.82, 2.24) is 0 Å². The summed E-state index contributed by atoms with van der Waals surface area (Å²) < 4.78 is 18.8. The summed E-state index contributed by atoms with van der Waals surface area (Å²) in [6.07, 6.45) is 2.79. The third kappa shape index (κ3) is 2.49. The first kappa shape index (κ1) is 12.1. The summed E-state index contributed by atoms with van der Waals surface area (Å²) in [5.74, 6) is 1.24. The molecular formula is C12H15NO3S. The van der Waals surface area contributed by atoms with Crippen LogP contribution in [0.3, 0.4) is 0 Å². The zero-order valence-electron chi connectivity index (χ0n) is 9.72. The quantitative estimate of drug-likeness (QED) is 0.771. The Labute approximate surface area is 103 Å². The summed E-state index contributed by atoms with van der Waals surface area (Å²) in [5.41, 5.74) is 1.32. The van der Waals surface area contributed by atoms with E-state index in [2.05, 4.69) is 0 Å². The molecule has 0 spiro atoms. The maximum Gasteiger partial charge on any atom is 0.153 e. The number of aldehydes is 1. The van der Waals surface area contributed by atoms with Crippen LogP contribution in [0.2, 0.25) is 0 Å². The predicted molar refractivity (Wildman–Crippen MR) is 68.0 cm³/mol. The minimum atomic E-state index is -0.971. The summed E-state index contributed by atoms with van der Waals surface area (Å²) >= 11 is 0. The number of anilines is 1. The lowest BCUT2D eigenvalue weighted by Gasteiger charge is -2.27. The third-order valence-electron chi connectivity index (χ3n) is 2.80. The number of carbonyl (C=O) groups excluding carboxylic acids is 1. The van der Waals surface area contributed by atoms with E-state index >= 15 is 0 Å². The summed E-state index contributed by atoms with van der Waals surface area (Å²) in [4.78, 5) is 10.9. The molecule has 1 aromatic carbocycles. The third-order valence-corrected chi connectivity index (χ3v) is 4.33. The summed E-state index contributed by atoms with van der Waals surface area (Å²) in [6.45, 7) is 0.775. The minimum absolute atomic E-state index is 0.493. The van der Waals surface area contributed by atoms with E-state index in [-0.39, 0.29) is 0 Å². The molecule has 0 radical (unpaired) electrons. The van der Waals surface area contributed by atoms with E-state index in [1.54, 1.807) is 12.1 Å². The molecule has 1 saturated heterocycles. The fourth-order valence-corrected chi connectivity index (χ4v) is 3.26. The van der Waals surface area contributed by atoms with E-state index in [0.29, 0.717) is 17.1 Å². The number of benzene rings is 1. The first-order chi connectivity index (χ1) is 8.26. The second kappa shape index (κ2) is 5.31. The Morgan fingerprint density at radius 1 is 1.41 bits per heavy atom. The predicted octanol–water partition coefficient (Wildman–Crippen LogP) is 1.77. The van der Waals surface area contributed by atoms with Gasteiger partial charge in [0.1, 0.15) is 16.7 Å². The van der Waals surface area contributed by atoms with Crippen LogP contribution in [0.1, 0.15) is 23.2 Å². The smallest absolute Gasteiger partial charge is 0.153 e. The Morgan fingerprint density at radius 3 is 2.88 bits per heavy atom. The molecule has 1 aliphatic heterocycles. The van der Waals surface area contributed by atoms with Crippen LogP contribution < -0.4 is 9.04 Å². The van der Waals surface area contributed by atoms with Gasteiger partial charge in [0, 0.05) is 12.3 Å². The van der Waals surface area contributed by atoms with Crippen molar-refractivity contribution in [2.45, 2.75) is 12.8 Å².